The number of carboxylic acids is 1. The van der Waals surface area contributed by atoms with Crippen LogP contribution in [0.4, 0.5) is 5.69 Å². The van der Waals surface area contributed by atoms with E-state index in [-0.39, 0.29) is 6.42 Å². The maximum absolute atomic E-state index is 11.5. The van der Waals surface area contributed by atoms with E-state index >= 15 is 0 Å². The van der Waals surface area contributed by atoms with Gasteiger partial charge in [-0.25, -0.2) is 4.21 Å². The molecule has 1 aromatic carbocycles. The second-order valence-corrected chi connectivity index (χ2v) is 5.79. The number of hydrogen-bond acceptors (Lipinski definition) is 3. The summed E-state index contributed by atoms with van der Waals surface area (Å²) in [7, 11) is -1.15. The van der Waals surface area contributed by atoms with Crippen molar-refractivity contribution in [3.05, 3.63) is 29.8 Å². The standard InChI is InChI=1S/C11H15BrN2O3S/c12-4-5-18(17)14-9-3-1-2-8(6-9)7-10(13)11(15)16/h1-3,6,10,14H,4-5,7,13H2,(H,15,16)/t10-,18?/m0/s1. The lowest BCUT2D eigenvalue weighted by atomic mass is 10.1. The van der Waals surface area contributed by atoms with Crippen LogP contribution in [0.3, 0.4) is 0 Å². The maximum atomic E-state index is 11.5. The molecule has 0 aliphatic heterocycles. The molecule has 0 aliphatic carbocycles. The highest BCUT2D eigenvalue weighted by molar-refractivity contribution is 9.09. The van der Waals surface area contributed by atoms with Gasteiger partial charge in [-0.2, -0.15) is 0 Å². The Hall–Kier alpha value is -0.920. The predicted octanol–water partition coefficient (Wildman–Crippen LogP) is 1.11. The Balaban J connectivity index is 2.67. The SMILES string of the molecule is N[C@@H](Cc1cccc(NS(=O)CCBr)c1)C(=O)O. The average molecular weight is 335 g/mol. The van der Waals surface area contributed by atoms with Gasteiger partial charge in [0.05, 0.1) is 5.75 Å². The van der Waals surface area contributed by atoms with Crippen LogP contribution in [-0.4, -0.2) is 32.4 Å². The number of carbonyl (C=O) groups is 1. The highest BCUT2D eigenvalue weighted by Crippen LogP contribution is 2.13. The third-order valence-corrected chi connectivity index (χ3v) is 4.15. The molecule has 1 rings (SSSR count). The number of nitrogens with two attached hydrogens (primary N) is 1. The van der Waals surface area contributed by atoms with E-state index in [1.807, 2.05) is 0 Å². The van der Waals surface area contributed by atoms with E-state index in [2.05, 4.69) is 20.7 Å². The van der Waals surface area contributed by atoms with Crippen molar-refractivity contribution in [1.82, 2.24) is 0 Å². The summed E-state index contributed by atoms with van der Waals surface area (Å²) in [4.78, 5) is 10.7. The number of carboxylic acid groups (broad SMARTS) is 1. The predicted molar refractivity (Wildman–Crippen MR) is 76.2 cm³/mol. The molecule has 100 valence electrons. The van der Waals surface area contributed by atoms with Gasteiger partial charge >= 0.3 is 5.97 Å². The molecule has 0 aliphatic rings. The molecule has 4 N–H and O–H groups in total. The molecule has 0 bridgehead atoms. The topological polar surface area (TPSA) is 92.4 Å². The molecule has 1 aromatic rings. The van der Waals surface area contributed by atoms with Crippen LogP contribution in [-0.2, 0) is 22.2 Å². The van der Waals surface area contributed by atoms with Crippen molar-refractivity contribution in [3.63, 3.8) is 0 Å². The number of aliphatic carboxylic acids is 1. The first-order chi connectivity index (χ1) is 8.52. The number of hydrogen-bond donors (Lipinski definition) is 3. The van der Waals surface area contributed by atoms with Crippen LogP contribution in [0.1, 0.15) is 5.56 Å². The molecule has 0 aromatic heterocycles. The molecular weight excluding hydrogens is 320 g/mol. The van der Waals surface area contributed by atoms with Crippen LogP contribution in [0.25, 0.3) is 0 Å². The lowest BCUT2D eigenvalue weighted by Crippen LogP contribution is -2.32. The van der Waals surface area contributed by atoms with Crippen molar-refractivity contribution in [2.75, 3.05) is 15.8 Å². The van der Waals surface area contributed by atoms with Gasteiger partial charge in [0.1, 0.15) is 17.0 Å². The number of rotatable bonds is 7. The molecule has 0 amide bonds. The summed E-state index contributed by atoms with van der Waals surface area (Å²) in [6.45, 7) is 0. The minimum absolute atomic E-state index is 0.246. The number of halogens is 1. The van der Waals surface area contributed by atoms with Gasteiger partial charge < -0.3 is 15.6 Å². The molecule has 0 radical (unpaired) electrons. The fraction of sp³-hybridized carbons (Fsp3) is 0.364. The third-order valence-electron chi connectivity index (χ3n) is 2.19. The molecular formula is C11H15BrN2O3S. The first-order valence-electron chi connectivity index (χ1n) is 5.31. The van der Waals surface area contributed by atoms with Gasteiger partial charge in [-0.15, -0.1) is 0 Å². The lowest BCUT2D eigenvalue weighted by Gasteiger charge is -2.09. The smallest absolute Gasteiger partial charge is 0.320 e. The fourth-order valence-electron chi connectivity index (χ4n) is 1.36. The second-order valence-electron chi connectivity index (χ2n) is 3.69. The quantitative estimate of drug-likeness (QED) is 0.651. The Morgan fingerprint density at radius 2 is 2.28 bits per heavy atom. The van der Waals surface area contributed by atoms with Crippen molar-refractivity contribution >= 4 is 38.6 Å². The summed E-state index contributed by atoms with van der Waals surface area (Å²) in [6.07, 6.45) is 0.246. The van der Waals surface area contributed by atoms with Crippen molar-refractivity contribution in [2.24, 2.45) is 5.73 Å². The van der Waals surface area contributed by atoms with Crippen LogP contribution < -0.4 is 10.5 Å². The van der Waals surface area contributed by atoms with Crippen LogP contribution in [0.15, 0.2) is 24.3 Å². The van der Waals surface area contributed by atoms with Gasteiger partial charge in [0.25, 0.3) is 0 Å². The average Bonchev–Trinajstić information content (AvgIpc) is 2.29. The Morgan fingerprint density at radius 1 is 1.56 bits per heavy atom. The highest BCUT2D eigenvalue weighted by Gasteiger charge is 2.12. The zero-order valence-corrected chi connectivity index (χ0v) is 12.0. The Bertz CT molecular complexity index is 442. The molecule has 0 saturated carbocycles. The number of alkyl halides is 1. The summed E-state index contributed by atoms with van der Waals surface area (Å²) >= 11 is 3.21. The van der Waals surface area contributed by atoms with E-state index in [1.165, 1.54) is 0 Å². The van der Waals surface area contributed by atoms with Crippen molar-refractivity contribution < 1.29 is 14.1 Å². The number of nitrogens with one attached hydrogen (secondary N) is 1. The zero-order valence-electron chi connectivity index (χ0n) is 9.64. The first-order valence-corrected chi connectivity index (χ1v) is 7.75. The fourth-order valence-corrected chi connectivity index (χ4v) is 2.87. The van der Waals surface area contributed by atoms with Gasteiger partial charge in [0.2, 0.25) is 0 Å². The van der Waals surface area contributed by atoms with Crippen molar-refractivity contribution in [2.45, 2.75) is 12.5 Å². The minimum Gasteiger partial charge on any atom is -0.480 e. The molecule has 5 nitrogen and oxygen atoms in total. The monoisotopic (exact) mass is 334 g/mol. The third kappa shape index (κ3) is 5.16. The van der Waals surface area contributed by atoms with Gasteiger partial charge in [-0.1, -0.05) is 28.1 Å². The van der Waals surface area contributed by atoms with E-state index in [9.17, 15) is 9.00 Å². The van der Waals surface area contributed by atoms with Crippen LogP contribution in [0.5, 0.6) is 0 Å². The zero-order chi connectivity index (χ0) is 13.5. The Kier molecular flexibility index (Phi) is 6.31. The van der Waals surface area contributed by atoms with Gasteiger partial charge in [0, 0.05) is 11.0 Å². The molecule has 0 heterocycles. The van der Waals surface area contributed by atoms with E-state index in [1.54, 1.807) is 24.3 Å². The van der Waals surface area contributed by atoms with E-state index in [4.69, 9.17) is 10.8 Å². The van der Waals surface area contributed by atoms with Crippen LogP contribution in [0, 0.1) is 0 Å². The molecule has 7 heteroatoms. The van der Waals surface area contributed by atoms with Crippen LogP contribution >= 0.6 is 15.9 Å². The summed E-state index contributed by atoms with van der Waals surface area (Å²) in [5.74, 6) is -0.532. The first kappa shape index (κ1) is 15.1. The van der Waals surface area contributed by atoms with E-state index in [0.717, 1.165) is 5.56 Å². The Morgan fingerprint density at radius 3 is 2.89 bits per heavy atom. The molecule has 0 saturated heterocycles. The van der Waals surface area contributed by atoms with Gasteiger partial charge in [-0.05, 0) is 24.1 Å². The van der Waals surface area contributed by atoms with E-state index < -0.39 is 23.0 Å². The minimum atomic E-state index is -1.15. The summed E-state index contributed by atoms with van der Waals surface area (Å²) in [5, 5.41) is 9.38. The van der Waals surface area contributed by atoms with Gasteiger partial charge in [0.15, 0.2) is 0 Å². The molecule has 1 unspecified atom stereocenters. The summed E-state index contributed by atoms with van der Waals surface area (Å²) in [6, 6.07) is 6.18. The molecule has 0 fully saturated rings. The maximum Gasteiger partial charge on any atom is 0.320 e. The second kappa shape index (κ2) is 7.50. The van der Waals surface area contributed by atoms with Crippen molar-refractivity contribution in [3.8, 4) is 0 Å². The Labute approximate surface area is 116 Å². The summed E-state index contributed by atoms with van der Waals surface area (Å²) < 4.78 is 14.3. The number of anilines is 1. The van der Waals surface area contributed by atoms with E-state index in [0.29, 0.717) is 16.8 Å². The molecule has 0 spiro atoms. The van der Waals surface area contributed by atoms with Gasteiger partial charge in [-0.3, -0.25) is 4.79 Å². The normalized spacial score (nSPS) is 13.9. The lowest BCUT2D eigenvalue weighted by molar-refractivity contribution is -0.138. The van der Waals surface area contributed by atoms with Crippen molar-refractivity contribution in [1.29, 1.82) is 0 Å². The largest absolute Gasteiger partial charge is 0.480 e. The summed E-state index contributed by atoms with van der Waals surface area (Å²) in [5.41, 5.74) is 6.96. The number of benzene rings is 1. The molecule has 2 atom stereocenters. The van der Waals surface area contributed by atoms with Crippen LogP contribution in [0.2, 0.25) is 0 Å². The molecule has 18 heavy (non-hydrogen) atoms. The highest BCUT2D eigenvalue weighted by atomic mass is 79.9.